The van der Waals surface area contributed by atoms with Crippen LogP contribution in [0.1, 0.15) is 30.4 Å². The van der Waals surface area contributed by atoms with Crippen molar-refractivity contribution in [3.8, 4) is 0 Å². The predicted molar refractivity (Wildman–Crippen MR) is 140 cm³/mol. The van der Waals surface area contributed by atoms with Crippen LogP contribution in [0.4, 0.5) is 11.4 Å². The number of nitrogens with zero attached hydrogens (tertiary/aromatic N) is 4. The molecule has 7 nitrogen and oxygen atoms in total. The highest BCUT2D eigenvalue weighted by molar-refractivity contribution is 5.95. The van der Waals surface area contributed by atoms with Crippen molar-refractivity contribution in [2.75, 3.05) is 50.6 Å². The summed E-state index contributed by atoms with van der Waals surface area (Å²) in [5.74, 6) is 0.302. The summed E-state index contributed by atoms with van der Waals surface area (Å²) in [6.07, 6.45) is 3.15. The molecular weight excluding hydrogens is 438 g/mol. The third-order valence-electron chi connectivity index (χ3n) is 8.07. The summed E-state index contributed by atoms with van der Waals surface area (Å²) in [6, 6.07) is 17.0. The molecule has 2 saturated heterocycles. The van der Waals surface area contributed by atoms with E-state index in [2.05, 4.69) is 57.4 Å². The fourth-order valence-corrected chi connectivity index (χ4v) is 5.98. The summed E-state index contributed by atoms with van der Waals surface area (Å²) in [7, 11) is 6.22. The van der Waals surface area contributed by atoms with Crippen molar-refractivity contribution in [1.82, 2.24) is 15.1 Å². The van der Waals surface area contributed by atoms with E-state index in [9.17, 15) is 9.59 Å². The molecule has 2 aromatic rings. The Morgan fingerprint density at radius 3 is 2.63 bits per heavy atom. The Morgan fingerprint density at radius 2 is 1.86 bits per heavy atom. The zero-order valence-electron chi connectivity index (χ0n) is 21.1. The van der Waals surface area contributed by atoms with Crippen molar-refractivity contribution in [1.29, 1.82) is 0 Å². The number of benzene rings is 2. The molecule has 0 unspecified atom stereocenters. The Balaban J connectivity index is 1.21. The maximum absolute atomic E-state index is 13.2. The van der Waals surface area contributed by atoms with E-state index in [1.165, 1.54) is 16.8 Å². The van der Waals surface area contributed by atoms with Crippen molar-refractivity contribution in [3.63, 3.8) is 0 Å². The van der Waals surface area contributed by atoms with Gasteiger partial charge in [0.25, 0.3) is 0 Å². The average molecular weight is 476 g/mol. The van der Waals surface area contributed by atoms with Crippen LogP contribution >= 0.6 is 0 Å². The van der Waals surface area contributed by atoms with E-state index in [1.807, 2.05) is 37.2 Å². The quantitative estimate of drug-likeness (QED) is 0.696. The summed E-state index contributed by atoms with van der Waals surface area (Å²) >= 11 is 0. The van der Waals surface area contributed by atoms with Crippen LogP contribution in [0.25, 0.3) is 0 Å². The lowest BCUT2D eigenvalue weighted by atomic mass is 10.0. The monoisotopic (exact) mass is 475 g/mol. The van der Waals surface area contributed by atoms with Gasteiger partial charge in [-0.3, -0.25) is 19.4 Å². The number of amides is 2. The molecule has 0 spiro atoms. The summed E-state index contributed by atoms with van der Waals surface area (Å²) in [5, 5.41) is 3.19. The maximum atomic E-state index is 13.2. The van der Waals surface area contributed by atoms with E-state index in [4.69, 9.17) is 0 Å². The Bertz CT molecular complexity index is 1070. The molecule has 0 aliphatic carbocycles. The molecule has 3 aliphatic heterocycles. The van der Waals surface area contributed by atoms with Crippen molar-refractivity contribution in [2.45, 2.75) is 50.4 Å². The highest BCUT2D eigenvalue weighted by atomic mass is 16.2. The minimum atomic E-state index is -0.153. The van der Waals surface area contributed by atoms with Gasteiger partial charge in [0, 0.05) is 70.2 Å². The lowest BCUT2D eigenvalue weighted by Gasteiger charge is -2.33. The standard InChI is InChI=1S/C28H37N5O2/c1-30(2)22-10-8-20(9-11-22)19-32-16-15-25-27(32)28(35)29-18-23(31(25)3)12-13-26(34)33-17-14-21-6-4-5-7-24(21)33/h4-11,23,25,27H,12-19H2,1-3H3,(H,29,35)/t23-,25-,27-/m0/s1. The molecule has 2 fully saturated rings. The SMILES string of the molecule is CN(C)c1ccc(CN2CC[C@H]3[C@H]2C(=O)NC[C@H](CCC(=O)N2CCc4ccccc42)N3C)cc1. The van der Waals surface area contributed by atoms with Gasteiger partial charge in [-0.25, -0.2) is 0 Å². The molecular formula is C28H37N5O2. The van der Waals surface area contributed by atoms with Gasteiger partial charge in [0.15, 0.2) is 0 Å². The van der Waals surface area contributed by atoms with Gasteiger partial charge in [0.2, 0.25) is 11.8 Å². The van der Waals surface area contributed by atoms with Crippen molar-refractivity contribution < 1.29 is 9.59 Å². The van der Waals surface area contributed by atoms with Crippen LogP contribution < -0.4 is 15.1 Å². The Hall–Kier alpha value is -2.90. The molecule has 35 heavy (non-hydrogen) atoms. The van der Waals surface area contributed by atoms with Gasteiger partial charge in [-0.1, -0.05) is 30.3 Å². The number of carbonyl (C=O) groups excluding carboxylic acids is 2. The molecule has 3 aliphatic rings. The van der Waals surface area contributed by atoms with Crippen LogP contribution in [0.5, 0.6) is 0 Å². The normalized spacial score (nSPS) is 24.6. The van der Waals surface area contributed by atoms with Gasteiger partial charge in [0.05, 0.1) is 0 Å². The second-order valence-corrected chi connectivity index (χ2v) is 10.4. The molecule has 5 rings (SSSR count). The molecule has 7 heteroatoms. The van der Waals surface area contributed by atoms with Crippen molar-refractivity contribution >= 4 is 23.2 Å². The van der Waals surface area contributed by atoms with Crippen LogP contribution in [-0.4, -0.2) is 80.5 Å². The molecule has 0 saturated carbocycles. The third-order valence-corrected chi connectivity index (χ3v) is 8.07. The second kappa shape index (κ2) is 9.99. The van der Waals surface area contributed by atoms with Crippen molar-refractivity contribution in [2.24, 2.45) is 0 Å². The first kappa shape index (κ1) is 23.8. The van der Waals surface area contributed by atoms with Crippen molar-refractivity contribution in [3.05, 3.63) is 59.7 Å². The number of carbonyl (C=O) groups is 2. The van der Waals surface area contributed by atoms with Crippen LogP contribution in [-0.2, 0) is 22.6 Å². The van der Waals surface area contributed by atoms with E-state index in [1.54, 1.807) is 0 Å². The van der Waals surface area contributed by atoms with Crippen LogP contribution in [0.3, 0.4) is 0 Å². The molecule has 3 atom stereocenters. The molecule has 1 N–H and O–H groups in total. The molecule has 186 valence electrons. The Kier molecular flexibility index (Phi) is 6.80. The number of hydrogen-bond donors (Lipinski definition) is 1. The summed E-state index contributed by atoms with van der Waals surface area (Å²) in [6.45, 7) is 3.04. The number of rotatable bonds is 6. The van der Waals surface area contributed by atoms with E-state index < -0.39 is 0 Å². The summed E-state index contributed by atoms with van der Waals surface area (Å²) < 4.78 is 0. The zero-order chi connectivity index (χ0) is 24.5. The highest BCUT2D eigenvalue weighted by Crippen LogP contribution is 2.31. The van der Waals surface area contributed by atoms with Gasteiger partial charge in [0.1, 0.15) is 6.04 Å². The third kappa shape index (κ3) is 4.80. The predicted octanol–water partition coefficient (Wildman–Crippen LogP) is 2.50. The first-order chi connectivity index (χ1) is 16.9. The fourth-order valence-electron chi connectivity index (χ4n) is 5.98. The first-order valence-electron chi connectivity index (χ1n) is 12.8. The number of para-hydroxylation sites is 1. The van der Waals surface area contributed by atoms with Gasteiger partial charge in [-0.2, -0.15) is 0 Å². The Labute approximate surface area is 208 Å². The molecule has 0 radical (unpaired) electrons. The summed E-state index contributed by atoms with van der Waals surface area (Å²) in [5.41, 5.74) is 4.72. The minimum Gasteiger partial charge on any atom is -0.378 e. The van der Waals surface area contributed by atoms with Crippen LogP contribution in [0.2, 0.25) is 0 Å². The first-order valence-corrected chi connectivity index (χ1v) is 12.8. The number of likely N-dealkylation sites (N-methyl/N-ethyl adjacent to an activating group) is 1. The molecule has 0 bridgehead atoms. The van der Waals surface area contributed by atoms with Crippen LogP contribution in [0.15, 0.2) is 48.5 Å². The average Bonchev–Trinajstić information content (AvgIpc) is 3.45. The smallest absolute Gasteiger partial charge is 0.239 e. The number of likely N-dealkylation sites (tertiary alicyclic amines) is 1. The van der Waals surface area contributed by atoms with E-state index in [0.29, 0.717) is 13.0 Å². The lowest BCUT2D eigenvalue weighted by molar-refractivity contribution is -0.126. The molecule has 0 aromatic heterocycles. The van der Waals surface area contributed by atoms with E-state index in [-0.39, 0.29) is 29.9 Å². The Morgan fingerprint density at radius 1 is 1.09 bits per heavy atom. The highest BCUT2D eigenvalue weighted by Gasteiger charge is 2.45. The topological polar surface area (TPSA) is 59.1 Å². The molecule has 3 heterocycles. The van der Waals surface area contributed by atoms with Gasteiger partial charge >= 0.3 is 0 Å². The number of fused-ring (bicyclic) bond motifs is 2. The van der Waals surface area contributed by atoms with Gasteiger partial charge in [-0.05, 0) is 55.6 Å². The van der Waals surface area contributed by atoms with E-state index >= 15 is 0 Å². The molecule has 2 aromatic carbocycles. The zero-order valence-corrected chi connectivity index (χ0v) is 21.1. The minimum absolute atomic E-state index is 0.117. The van der Waals surface area contributed by atoms with Crippen LogP contribution in [0, 0.1) is 0 Å². The number of nitrogens with one attached hydrogen (secondary N) is 1. The fraction of sp³-hybridized carbons (Fsp3) is 0.500. The second-order valence-electron chi connectivity index (χ2n) is 10.4. The summed E-state index contributed by atoms with van der Waals surface area (Å²) in [4.78, 5) is 34.9. The van der Waals surface area contributed by atoms with Gasteiger partial charge in [-0.15, -0.1) is 0 Å². The lowest BCUT2D eigenvalue weighted by Crippen LogP contribution is -2.49. The number of hydrogen-bond acceptors (Lipinski definition) is 5. The largest absolute Gasteiger partial charge is 0.378 e. The van der Waals surface area contributed by atoms with Gasteiger partial charge < -0.3 is 15.1 Å². The molecule has 2 amide bonds. The maximum Gasteiger partial charge on any atom is 0.239 e. The number of anilines is 2. The van der Waals surface area contributed by atoms with E-state index in [0.717, 1.165) is 44.6 Å².